The predicted octanol–water partition coefficient (Wildman–Crippen LogP) is 7.30. The minimum atomic E-state index is -0.646. The molecule has 2 aliphatic rings. The van der Waals surface area contributed by atoms with Gasteiger partial charge in [-0.1, -0.05) is 78.7 Å². The Morgan fingerprint density at radius 2 is 1.74 bits per heavy atom. The molecule has 4 nitrogen and oxygen atoms in total. The number of halogens is 2. The summed E-state index contributed by atoms with van der Waals surface area (Å²) in [5.41, 5.74) is 4.76. The quantitative estimate of drug-likeness (QED) is 0.418. The summed E-state index contributed by atoms with van der Waals surface area (Å²) in [6.07, 6.45) is 1.32. The SMILES string of the molecule is CCC(=O)N1c2ccccc2NC2=C(C(=O)C[C@@H](c3ccccc3)C2)[C@H]1c1ccc(Cl)cc1Cl. The van der Waals surface area contributed by atoms with Crippen molar-refractivity contribution in [3.05, 3.63) is 105 Å². The number of nitrogens with one attached hydrogen (secondary N) is 1. The lowest BCUT2D eigenvalue weighted by Gasteiger charge is -2.35. The molecule has 0 aromatic heterocycles. The highest BCUT2D eigenvalue weighted by atomic mass is 35.5. The number of hydrogen-bond donors (Lipinski definition) is 1. The molecule has 0 saturated heterocycles. The molecule has 2 atom stereocenters. The van der Waals surface area contributed by atoms with Crippen LogP contribution in [0, 0.1) is 0 Å². The Morgan fingerprint density at radius 3 is 2.47 bits per heavy atom. The van der Waals surface area contributed by atoms with Crippen molar-refractivity contribution in [3.8, 4) is 0 Å². The van der Waals surface area contributed by atoms with Crippen molar-refractivity contribution in [2.24, 2.45) is 0 Å². The molecule has 3 aromatic carbocycles. The van der Waals surface area contributed by atoms with Gasteiger partial charge in [0.05, 0.1) is 17.4 Å². The van der Waals surface area contributed by atoms with E-state index in [4.69, 9.17) is 23.2 Å². The summed E-state index contributed by atoms with van der Waals surface area (Å²) in [7, 11) is 0. The average Bonchev–Trinajstić information content (AvgIpc) is 2.98. The van der Waals surface area contributed by atoms with Crippen LogP contribution in [-0.2, 0) is 9.59 Å². The largest absolute Gasteiger partial charge is 0.357 e. The molecule has 1 aliphatic heterocycles. The topological polar surface area (TPSA) is 49.4 Å². The minimum absolute atomic E-state index is 0.0142. The Bertz CT molecular complexity index is 1300. The predicted molar refractivity (Wildman–Crippen MR) is 137 cm³/mol. The summed E-state index contributed by atoms with van der Waals surface area (Å²) < 4.78 is 0. The van der Waals surface area contributed by atoms with Gasteiger partial charge in [-0.05, 0) is 47.7 Å². The number of Topliss-reactive ketones (excluding diaryl/α,β-unsaturated/α-hetero) is 1. The van der Waals surface area contributed by atoms with Gasteiger partial charge in [-0.3, -0.25) is 14.5 Å². The van der Waals surface area contributed by atoms with Crippen molar-refractivity contribution in [2.45, 2.75) is 38.1 Å². The lowest BCUT2D eigenvalue weighted by Crippen LogP contribution is -2.38. The third-order valence-electron chi connectivity index (χ3n) is 6.59. The van der Waals surface area contributed by atoms with Crippen molar-refractivity contribution >= 4 is 46.3 Å². The summed E-state index contributed by atoms with van der Waals surface area (Å²) >= 11 is 12.9. The van der Waals surface area contributed by atoms with Crippen molar-refractivity contribution in [2.75, 3.05) is 10.2 Å². The van der Waals surface area contributed by atoms with Crippen LogP contribution in [0.1, 0.15) is 49.3 Å². The molecule has 0 bridgehead atoms. The van der Waals surface area contributed by atoms with E-state index in [1.807, 2.05) is 55.5 Å². The normalized spacial score (nSPS) is 19.7. The standard InChI is InChI=1S/C28H24Cl2N2O2/c1-2-26(34)32-24-11-7-6-10-22(24)31-23-14-18(17-8-4-3-5-9-17)15-25(33)27(23)28(32)20-13-12-19(29)16-21(20)30/h3-13,16,18,28,31H,2,14-15H2,1H3/t18-,28+/m0/s1. The Hall–Kier alpha value is -3.08. The second-order valence-corrected chi connectivity index (χ2v) is 9.50. The van der Waals surface area contributed by atoms with Crippen LogP contribution in [0.25, 0.3) is 0 Å². The van der Waals surface area contributed by atoms with E-state index in [0.29, 0.717) is 40.4 Å². The maximum absolute atomic E-state index is 13.8. The number of allylic oxidation sites excluding steroid dienone is 1. The van der Waals surface area contributed by atoms with Gasteiger partial charge in [0.25, 0.3) is 0 Å². The van der Waals surface area contributed by atoms with Crippen LogP contribution in [-0.4, -0.2) is 11.7 Å². The van der Waals surface area contributed by atoms with Crippen LogP contribution in [0.15, 0.2) is 84.1 Å². The first-order valence-corrected chi connectivity index (χ1v) is 12.2. The number of benzene rings is 3. The van der Waals surface area contributed by atoms with Crippen LogP contribution >= 0.6 is 23.2 Å². The fraction of sp³-hybridized carbons (Fsp3) is 0.214. The van der Waals surface area contributed by atoms with E-state index in [9.17, 15) is 9.59 Å². The van der Waals surface area contributed by atoms with Crippen LogP contribution in [0.3, 0.4) is 0 Å². The van der Waals surface area contributed by atoms with E-state index in [2.05, 4.69) is 17.4 Å². The van der Waals surface area contributed by atoms with Crippen LogP contribution in [0.2, 0.25) is 10.0 Å². The van der Waals surface area contributed by atoms with Crippen molar-refractivity contribution in [1.82, 2.24) is 0 Å². The summed E-state index contributed by atoms with van der Waals surface area (Å²) in [6.45, 7) is 1.83. The third-order valence-corrected chi connectivity index (χ3v) is 7.15. The highest BCUT2D eigenvalue weighted by Gasteiger charge is 2.41. The van der Waals surface area contributed by atoms with E-state index in [-0.39, 0.29) is 17.6 Å². The molecule has 6 heteroatoms. The van der Waals surface area contributed by atoms with E-state index < -0.39 is 6.04 Å². The molecular weight excluding hydrogens is 467 g/mol. The molecule has 1 aliphatic carbocycles. The van der Waals surface area contributed by atoms with E-state index in [1.54, 1.807) is 17.0 Å². The number of nitrogens with zero attached hydrogens (tertiary/aromatic N) is 1. The zero-order valence-corrected chi connectivity index (χ0v) is 20.2. The lowest BCUT2D eigenvalue weighted by atomic mass is 9.78. The van der Waals surface area contributed by atoms with Crippen molar-refractivity contribution in [1.29, 1.82) is 0 Å². The summed E-state index contributed by atoms with van der Waals surface area (Å²) in [6, 6.07) is 22.4. The maximum atomic E-state index is 13.8. The minimum Gasteiger partial charge on any atom is -0.357 e. The maximum Gasteiger partial charge on any atom is 0.227 e. The molecule has 1 amide bonds. The number of carbonyl (C=O) groups excluding carboxylic acids is 2. The molecule has 0 spiro atoms. The number of fused-ring (bicyclic) bond motifs is 1. The van der Waals surface area contributed by atoms with Gasteiger partial charge in [0.2, 0.25) is 5.91 Å². The molecule has 34 heavy (non-hydrogen) atoms. The summed E-state index contributed by atoms with van der Waals surface area (Å²) in [5, 5.41) is 4.46. The number of amides is 1. The van der Waals surface area contributed by atoms with Gasteiger partial charge in [0.1, 0.15) is 0 Å². The van der Waals surface area contributed by atoms with Gasteiger partial charge in [-0.2, -0.15) is 0 Å². The molecule has 1 N–H and O–H groups in total. The number of anilines is 2. The van der Waals surface area contributed by atoms with E-state index >= 15 is 0 Å². The van der Waals surface area contributed by atoms with Gasteiger partial charge in [0.15, 0.2) is 5.78 Å². The number of para-hydroxylation sites is 2. The van der Waals surface area contributed by atoms with Gasteiger partial charge in [0, 0.05) is 34.2 Å². The van der Waals surface area contributed by atoms with E-state index in [1.165, 1.54) is 0 Å². The zero-order chi connectivity index (χ0) is 23.8. The van der Waals surface area contributed by atoms with Gasteiger partial charge in [-0.25, -0.2) is 0 Å². The number of rotatable bonds is 3. The first kappa shape index (κ1) is 22.7. The molecule has 0 unspecified atom stereocenters. The summed E-state index contributed by atoms with van der Waals surface area (Å²) in [5.74, 6) is -0.0146. The molecule has 0 radical (unpaired) electrons. The monoisotopic (exact) mass is 490 g/mol. The molecule has 0 fully saturated rings. The Balaban J connectivity index is 1.74. The highest BCUT2D eigenvalue weighted by molar-refractivity contribution is 6.35. The van der Waals surface area contributed by atoms with Gasteiger partial charge >= 0.3 is 0 Å². The first-order valence-electron chi connectivity index (χ1n) is 11.4. The Kier molecular flexibility index (Phi) is 6.20. The summed E-state index contributed by atoms with van der Waals surface area (Å²) in [4.78, 5) is 29.0. The second-order valence-electron chi connectivity index (χ2n) is 8.66. The third kappa shape index (κ3) is 4.02. The van der Waals surface area contributed by atoms with Gasteiger partial charge in [-0.15, -0.1) is 0 Å². The zero-order valence-electron chi connectivity index (χ0n) is 18.7. The van der Waals surface area contributed by atoms with Crippen LogP contribution in [0.4, 0.5) is 11.4 Å². The molecule has 5 rings (SSSR count). The number of carbonyl (C=O) groups is 2. The molecule has 172 valence electrons. The van der Waals surface area contributed by atoms with Crippen molar-refractivity contribution in [3.63, 3.8) is 0 Å². The lowest BCUT2D eigenvalue weighted by molar-refractivity contribution is -0.119. The molecule has 0 saturated carbocycles. The highest BCUT2D eigenvalue weighted by Crippen LogP contribution is 2.48. The van der Waals surface area contributed by atoms with Gasteiger partial charge < -0.3 is 5.32 Å². The van der Waals surface area contributed by atoms with Crippen LogP contribution in [0.5, 0.6) is 0 Å². The fourth-order valence-electron chi connectivity index (χ4n) is 5.01. The Morgan fingerprint density at radius 1 is 1.00 bits per heavy atom. The van der Waals surface area contributed by atoms with E-state index in [0.717, 1.165) is 22.6 Å². The van der Waals surface area contributed by atoms with Crippen molar-refractivity contribution < 1.29 is 9.59 Å². The first-order chi connectivity index (χ1) is 16.5. The average molecular weight is 491 g/mol. The van der Waals surface area contributed by atoms with Crippen LogP contribution < -0.4 is 10.2 Å². The smallest absolute Gasteiger partial charge is 0.227 e. The molecular formula is C28H24Cl2N2O2. The number of ketones is 1. The fourth-order valence-corrected chi connectivity index (χ4v) is 5.53. The second kappa shape index (κ2) is 9.28. The number of hydrogen-bond acceptors (Lipinski definition) is 3. The Labute approximate surface area is 209 Å². The molecule has 1 heterocycles. The molecule has 3 aromatic rings.